The summed E-state index contributed by atoms with van der Waals surface area (Å²) in [6.45, 7) is 6.22. The van der Waals surface area contributed by atoms with Crippen LogP contribution in [-0.4, -0.2) is 37.2 Å². The Bertz CT molecular complexity index is 1780. The second-order valence-corrected chi connectivity index (χ2v) is 20.5. The molecule has 1 unspecified atom stereocenters. The SMILES string of the molecule is CC/C=C\C/C=C\C/C=C\C/C=C\C/C=C\C/C=C\CCCCCCCCCCCCCCC(=O)OCC(COC(=O)CC/C=C\C/C=C\C/C=C\C/C=C\CC)OC(=O)CCCCCCCCC/C=C\C/C=C\C/C=C\CC. The van der Waals surface area contributed by atoms with E-state index in [4.69, 9.17) is 14.2 Å². The summed E-state index contributed by atoms with van der Waals surface area (Å²) in [6, 6.07) is 0. The lowest BCUT2D eigenvalue weighted by Gasteiger charge is -2.18. The van der Waals surface area contributed by atoms with E-state index in [1.807, 2.05) is 6.08 Å². The molecule has 0 aliphatic rings. The third-order valence-electron chi connectivity index (χ3n) is 13.0. The maximum Gasteiger partial charge on any atom is 0.306 e. The quantitative estimate of drug-likeness (QED) is 0.0261. The molecule has 0 saturated heterocycles. The van der Waals surface area contributed by atoms with Gasteiger partial charge in [0.05, 0.1) is 0 Å². The van der Waals surface area contributed by atoms with Crippen LogP contribution in [-0.2, 0) is 28.6 Å². The second-order valence-electron chi connectivity index (χ2n) is 20.5. The molecule has 6 heteroatoms. The van der Waals surface area contributed by atoms with Gasteiger partial charge in [0.15, 0.2) is 6.10 Å². The van der Waals surface area contributed by atoms with Crippen molar-refractivity contribution in [1.29, 1.82) is 0 Å². The van der Waals surface area contributed by atoms with Gasteiger partial charge in [-0.1, -0.05) is 275 Å². The van der Waals surface area contributed by atoms with Crippen LogP contribution in [0.1, 0.15) is 265 Å². The number of hydrogen-bond donors (Lipinski definition) is 0. The summed E-state index contributed by atoms with van der Waals surface area (Å²) in [4.78, 5) is 38.2. The van der Waals surface area contributed by atoms with Gasteiger partial charge in [-0.15, -0.1) is 0 Å². The first-order valence-corrected chi connectivity index (χ1v) is 32.0. The van der Waals surface area contributed by atoms with Gasteiger partial charge in [0, 0.05) is 19.3 Å². The Kier molecular flexibility index (Phi) is 61.4. The zero-order valence-electron chi connectivity index (χ0n) is 50.8. The maximum absolute atomic E-state index is 12.9. The summed E-state index contributed by atoms with van der Waals surface area (Å²) in [6.07, 6.45) is 95.6. The van der Waals surface area contributed by atoms with E-state index < -0.39 is 6.10 Å². The highest BCUT2D eigenvalue weighted by atomic mass is 16.6. The molecule has 0 bridgehead atoms. The molecule has 0 amide bonds. The summed E-state index contributed by atoms with van der Waals surface area (Å²) in [5.41, 5.74) is 0. The molecule has 0 radical (unpaired) electrons. The molecule has 0 aromatic carbocycles. The van der Waals surface area contributed by atoms with Gasteiger partial charge in [-0.2, -0.15) is 0 Å². The van der Waals surface area contributed by atoms with Crippen molar-refractivity contribution in [3.05, 3.63) is 158 Å². The topological polar surface area (TPSA) is 78.9 Å². The van der Waals surface area contributed by atoms with Crippen LogP contribution in [0.15, 0.2) is 158 Å². The van der Waals surface area contributed by atoms with Gasteiger partial charge in [0.25, 0.3) is 0 Å². The Hall–Kier alpha value is -4.97. The Balaban J connectivity index is 4.32. The molecule has 0 aromatic rings. The molecule has 6 nitrogen and oxygen atoms in total. The first-order chi connectivity index (χ1) is 39.0. The molecule has 1 atom stereocenters. The van der Waals surface area contributed by atoms with Crippen LogP contribution >= 0.6 is 0 Å². The van der Waals surface area contributed by atoms with Crippen molar-refractivity contribution in [1.82, 2.24) is 0 Å². The van der Waals surface area contributed by atoms with Crippen LogP contribution < -0.4 is 0 Å². The van der Waals surface area contributed by atoms with Crippen LogP contribution in [0.4, 0.5) is 0 Å². The lowest BCUT2D eigenvalue weighted by molar-refractivity contribution is -0.166. The summed E-state index contributed by atoms with van der Waals surface area (Å²) >= 11 is 0. The Labute approximate surface area is 486 Å². The molecule has 0 saturated carbocycles. The summed E-state index contributed by atoms with van der Waals surface area (Å²) in [7, 11) is 0. The van der Waals surface area contributed by atoms with E-state index in [1.54, 1.807) is 0 Å². The first-order valence-electron chi connectivity index (χ1n) is 32.0. The Morgan fingerprint density at radius 2 is 0.481 bits per heavy atom. The van der Waals surface area contributed by atoms with Crippen molar-refractivity contribution in [2.45, 2.75) is 271 Å². The molecule has 0 aromatic heterocycles. The molecule has 0 aliphatic heterocycles. The lowest BCUT2D eigenvalue weighted by Crippen LogP contribution is -2.30. The number of hydrogen-bond acceptors (Lipinski definition) is 6. The molecule has 0 rings (SSSR count). The van der Waals surface area contributed by atoms with Gasteiger partial charge in [0.2, 0.25) is 0 Å². The Morgan fingerprint density at radius 1 is 0.253 bits per heavy atom. The number of esters is 3. The minimum absolute atomic E-state index is 0.110. The van der Waals surface area contributed by atoms with Crippen molar-refractivity contribution < 1.29 is 28.6 Å². The van der Waals surface area contributed by atoms with E-state index in [0.717, 1.165) is 135 Å². The molecule has 444 valence electrons. The van der Waals surface area contributed by atoms with Crippen LogP contribution in [0, 0.1) is 0 Å². The van der Waals surface area contributed by atoms with Crippen molar-refractivity contribution >= 4 is 17.9 Å². The maximum atomic E-state index is 12.9. The average Bonchev–Trinajstić information content (AvgIpc) is 3.45. The van der Waals surface area contributed by atoms with E-state index in [1.165, 1.54) is 83.5 Å². The lowest BCUT2D eigenvalue weighted by atomic mass is 10.0. The van der Waals surface area contributed by atoms with Gasteiger partial charge in [-0.3, -0.25) is 14.4 Å². The number of unbranched alkanes of at least 4 members (excludes halogenated alkanes) is 19. The molecular formula is C73H116O6. The molecular weight excluding hydrogens is 973 g/mol. The van der Waals surface area contributed by atoms with E-state index in [9.17, 15) is 14.4 Å². The predicted octanol–water partition coefficient (Wildman–Crippen LogP) is 22.1. The molecule has 0 aliphatic carbocycles. The van der Waals surface area contributed by atoms with Gasteiger partial charge in [0.1, 0.15) is 13.2 Å². The molecule has 0 heterocycles. The van der Waals surface area contributed by atoms with E-state index >= 15 is 0 Å². The predicted molar refractivity (Wildman–Crippen MR) is 343 cm³/mol. The monoisotopic (exact) mass is 1090 g/mol. The smallest absolute Gasteiger partial charge is 0.306 e. The Morgan fingerprint density at radius 3 is 0.785 bits per heavy atom. The van der Waals surface area contributed by atoms with E-state index in [-0.39, 0.29) is 37.5 Å². The van der Waals surface area contributed by atoms with E-state index in [0.29, 0.717) is 19.3 Å². The number of allylic oxidation sites excluding steroid dienone is 26. The van der Waals surface area contributed by atoms with Crippen LogP contribution in [0.5, 0.6) is 0 Å². The highest BCUT2D eigenvalue weighted by Crippen LogP contribution is 2.15. The fraction of sp³-hybridized carbons (Fsp3) is 0.603. The summed E-state index contributed by atoms with van der Waals surface area (Å²) in [5, 5.41) is 0. The van der Waals surface area contributed by atoms with Crippen LogP contribution in [0.3, 0.4) is 0 Å². The van der Waals surface area contributed by atoms with Gasteiger partial charge in [-0.05, 0) is 128 Å². The number of carbonyl (C=O) groups excluding carboxylic acids is 3. The summed E-state index contributed by atoms with van der Waals surface area (Å²) in [5.74, 6) is -1.01. The molecule has 0 N–H and O–H groups in total. The fourth-order valence-electron chi connectivity index (χ4n) is 8.36. The van der Waals surface area contributed by atoms with Crippen molar-refractivity contribution in [2.24, 2.45) is 0 Å². The van der Waals surface area contributed by atoms with Crippen molar-refractivity contribution in [2.75, 3.05) is 13.2 Å². The highest BCUT2D eigenvalue weighted by molar-refractivity contribution is 5.71. The van der Waals surface area contributed by atoms with Crippen LogP contribution in [0.25, 0.3) is 0 Å². The van der Waals surface area contributed by atoms with Crippen LogP contribution in [0.2, 0.25) is 0 Å². The fourth-order valence-corrected chi connectivity index (χ4v) is 8.36. The minimum atomic E-state index is -0.820. The standard InChI is InChI=1S/C73H116O6/c1-4-7-10-13-16-19-22-25-27-29-30-31-32-33-34-35-36-37-38-39-40-41-42-44-45-48-51-54-57-60-63-66-72(75)78-69-70(68-77-71(74)65-62-59-56-53-50-47-24-21-18-15-12-9-6-3)79-73(76)67-64-61-58-55-52-49-46-43-28-26-23-20-17-14-11-8-5-2/h7-12,16-21,25-28,30-31,33-34,36-37,47,50,56,59,70H,4-6,13-15,22-24,29,32,35,38-46,48-49,51-55,57-58,60-69H2,1-3H3/b10-7-,11-8-,12-9-,19-16-,20-17-,21-18-,27-25-,28-26-,31-30-,34-33-,37-36-,50-47-,59-56-. The number of rotatable bonds is 56. The van der Waals surface area contributed by atoms with E-state index in [2.05, 4.69) is 173 Å². The number of carbonyl (C=O) groups is 3. The molecule has 0 spiro atoms. The summed E-state index contributed by atoms with van der Waals surface area (Å²) < 4.78 is 16.8. The zero-order chi connectivity index (χ0) is 57.1. The average molecular weight is 1090 g/mol. The third-order valence-corrected chi connectivity index (χ3v) is 13.0. The second kappa shape index (κ2) is 65.5. The van der Waals surface area contributed by atoms with Gasteiger partial charge < -0.3 is 14.2 Å². The number of ether oxygens (including phenoxy) is 3. The van der Waals surface area contributed by atoms with Crippen molar-refractivity contribution in [3.8, 4) is 0 Å². The molecule has 0 fully saturated rings. The third kappa shape index (κ3) is 63.7. The minimum Gasteiger partial charge on any atom is -0.462 e. The van der Waals surface area contributed by atoms with Gasteiger partial charge >= 0.3 is 17.9 Å². The van der Waals surface area contributed by atoms with Crippen molar-refractivity contribution in [3.63, 3.8) is 0 Å². The molecule has 79 heavy (non-hydrogen) atoms. The normalized spacial score (nSPS) is 13.2. The van der Waals surface area contributed by atoms with Gasteiger partial charge in [-0.25, -0.2) is 0 Å². The first kappa shape index (κ1) is 74.0. The zero-order valence-corrected chi connectivity index (χ0v) is 50.8. The largest absolute Gasteiger partial charge is 0.462 e. The highest BCUT2D eigenvalue weighted by Gasteiger charge is 2.19.